The molecule has 5 nitrogen and oxygen atoms in total. The van der Waals surface area contributed by atoms with Crippen LogP contribution in [0.1, 0.15) is 53.5 Å². The summed E-state index contributed by atoms with van der Waals surface area (Å²) in [6.45, 7) is 11.9. The Hall–Kier alpha value is -3.02. The summed E-state index contributed by atoms with van der Waals surface area (Å²) in [7, 11) is 0. The fraction of sp³-hybridized carbons (Fsp3) is 0.400. The van der Waals surface area contributed by atoms with Gasteiger partial charge in [-0.3, -0.25) is 4.98 Å². The Kier molecular flexibility index (Phi) is 6.88. The average molecular weight is 422 g/mol. The van der Waals surface area contributed by atoms with E-state index < -0.39 is 5.67 Å². The molecule has 0 radical (unpaired) electrons. The molecule has 0 spiro atoms. The minimum Gasteiger partial charge on any atom is -0.315 e. The van der Waals surface area contributed by atoms with E-state index >= 15 is 4.39 Å². The summed E-state index contributed by atoms with van der Waals surface area (Å²) in [5.74, 6) is 0.532. The van der Waals surface area contributed by atoms with Crippen molar-refractivity contribution in [2.45, 2.75) is 59.8 Å². The Morgan fingerprint density at radius 1 is 0.935 bits per heavy atom. The number of hydrogen-bond donors (Lipinski definition) is 0. The van der Waals surface area contributed by atoms with Crippen molar-refractivity contribution in [3.05, 3.63) is 66.9 Å². The van der Waals surface area contributed by atoms with Crippen molar-refractivity contribution < 1.29 is 4.39 Å². The molecule has 1 aromatic carbocycles. The Morgan fingerprint density at radius 3 is 2.29 bits per heavy atom. The van der Waals surface area contributed by atoms with Crippen molar-refractivity contribution >= 4 is 22.9 Å². The van der Waals surface area contributed by atoms with E-state index in [9.17, 15) is 0 Å². The lowest BCUT2D eigenvalue weighted by atomic mass is 9.75. The Bertz CT molecular complexity index is 996. The molecule has 0 saturated heterocycles. The molecule has 6 heteroatoms. The number of anilines is 4. The zero-order valence-corrected chi connectivity index (χ0v) is 19.2. The SMILES string of the molecule is CC.CC.CCC1(F)c2ccccc2N2c3ncncc3N(c3ccncc3)C2C1C. The van der Waals surface area contributed by atoms with E-state index in [0.717, 1.165) is 28.4 Å². The van der Waals surface area contributed by atoms with Gasteiger partial charge in [-0.25, -0.2) is 14.4 Å². The smallest absolute Gasteiger partial charge is 0.162 e. The van der Waals surface area contributed by atoms with Gasteiger partial charge in [0.1, 0.15) is 23.8 Å². The normalized spacial score (nSPS) is 22.8. The van der Waals surface area contributed by atoms with Gasteiger partial charge in [0.15, 0.2) is 5.82 Å². The number of pyridine rings is 1. The number of para-hydroxylation sites is 1. The summed E-state index contributed by atoms with van der Waals surface area (Å²) in [5, 5.41) is 0. The summed E-state index contributed by atoms with van der Waals surface area (Å²) < 4.78 is 16.3. The first-order chi connectivity index (χ1) is 15.2. The van der Waals surface area contributed by atoms with Crippen LogP contribution in [0.5, 0.6) is 0 Å². The highest BCUT2D eigenvalue weighted by Crippen LogP contribution is 2.58. The molecule has 2 aliphatic rings. The average Bonchev–Trinajstić information content (AvgIpc) is 3.21. The van der Waals surface area contributed by atoms with E-state index in [1.807, 2.05) is 84.1 Å². The Morgan fingerprint density at radius 2 is 1.61 bits per heavy atom. The third-order valence-corrected chi connectivity index (χ3v) is 5.93. The molecular formula is C25H32FN5. The van der Waals surface area contributed by atoms with Crippen molar-refractivity contribution in [2.24, 2.45) is 5.92 Å². The highest BCUT2D eigenvalue weighted by atomic mass is 19.1. The number of halogens is 1. The lowest BCUT2D eigenvalue weighted by Crippen LogP contribution is -2.54. The standard InChI is InChI=1S/C21H20FN5.2C2H6/c1-3-21(22)14(2)20-26(15-8-10-23-11-9-15)18-12-24-13-25-19(18)27(20)17-7-5-4-6-16(17)21;2*1-2/h4-14,20H,3H2,1-2H3;2*1-2H3. The summed E-state index contributed by atoms with van der Waals surface area (Å²) in [5.41, 5.74) is 2.03. The van der Waals surface area contributed by atoms with Crippen molar-refractivity contribution in [3.8, 4) is 0 Å². The first kappa shape index (κ1) is 22.7. The van der Waals surface area contributed by atoms with Gasteiger partial charge in [0.05, 0.1) is 11.9 Å². The van der Waals surface area contributed by atoms with Crippen LogP contribution in [-0.4, -0.2) is 21.1 Å². The molecule has 4 heterocycles. The van der Waals surface area contributed by atoms with Crippen molar-refractivity contribution in [3.63, 3.8) is 0 Å². The molecule has 0 aliphatic carbocycles. The molecule has 0 fully saturated rings. The monoisotopic (exact) mass is 421 g/mol. The van der Waals surface area contributed by atoms with E-state index in [-0.39, 0.29) is 12.1 Å². The minimum absolute atomic E-state index is 0.223. The topological polar surface area (TPSA) is 45.2 Å². The molecule has 31 heavy (non-hydrogen) atoms. The molecular weight excluding hydrogens is 389 g/mol. The van der Waals surface area contributed by atoms with Crippen molar-refractivity contribution in [1.29, 1.82) is 0 Å². The van der Waals surface area contributed by atoms with E-state index in [4.69, 9.17) is 0 Å². The second kappa shape index (κ2) is 9.41. The van der Waals surface area contributed by atoms with Crippen LogP contribution < -0.4 is 9.80 Å². The molecule has 0 amide bonds. The summed E-state index contributed by atoms with van der Waals surface area (Å²) in [6.07, 6.45) is 7.07. The first-order valence-corrected chi connectivity index (χ1v) is 11.2. The molecule has 164 valence electrons. The summed E-state index contributed by atoms with van der Waals surface area (Å²) in [4.78, 5) is 17.2. The van der Waals surface area contributed by atoms with Gasteiger partial charge in [-0.2, -0.15) is 0 Å². The second-order valence-corrected chi connectivity index (χ2v) is 7.11. The van der Waals surface area contributed by atoms with E-state index in [2.05, 4.69) is 24.8 Å². The van der Waals surface area contributed by atoms with Crippen LogP contribution in [0.25, 0.3) is 0 Å². The predicted octanol–water partition coefficient (Wildman–Crippen LogP) is 6.76. The predicted molar refractivity (Wildman–Crippen MR) is 126 cm³/mol. The first-order valence-electron chi connectivity index (χ1n) is 11.2. The molecule has 3 unspecified atom stereocenters. The maximum atomic E-state index is 16.3. The third-order valence-electron chi connectivity index (χ3n) is 5.93. The van der Waals surface area contributed by atoms with Gasteiger partial charge in [-0.15, -0.1) is 0 Å². The van der Waals surface area contributed by atoms with Gasteiger partial charge in [-0.05, 0) is 24.6 Å². The van der Waals surface area contributed by atoms with E-state index in [1.165, 1.54) is 0 Å². The second-order valence-electron chi connectivity index (χ2n) is 7.11. The van der Waals surface area contributed by atoms with Gasteiger partial charge in [0, 0.05) is 29.6 Å². The van der Waals surface area contributed by atoms with Crippen LogP contribution in [0, 0.1) is 5.92 Å². The number of aromatic nitrogens is 3. The molecule has 3 atom stereocenters. The van der Waals surface area contributed by atoms with Gasteiger partial charge < -0.3 is 9.80 Å². The fourth-order valence-electron chi connectivity index (χ4n) is 4.58. The van der Waals surface area contributed by atoms with Crippen molar-refractivity contribution in [1.82, 2.24) is 15.0 Å². The lowest BCUT2D eigenvalue weighted by molar-refractivity contribution is 0.0620. The van der Waals surface area contributed by atoms with Crippen LogP contribution >= 0.6 is 0 Å². The molecule has 5 rings (SSSR count). The maximum Gasteiger partial charge on any atom is 0.162 e. The summed E-state index contributed by atoms with van der Waals surface area (Å²) >= 11 is 0. The van der Waals surface area contributed by atoms with Gasteiger partial charge in [0.25, 0.3) is 0 Å². The maximum absolute atomic E-state index is 16.3. The zero-order valence-electron chi connectivity index (χ0n) is 19.2. The number of hydrogen-bond acceptors (Lipinski definition) is 5. The number of fused-ring (bicyclic) bond motifs is 5. The van der Waals surface area contributed by atoms with Crippen LogP contribution in [0.4, 0.5) is 27.3 Å². The third kappa shape index (κ3) is 3.44. The highest BCUT2D eigenvalue weighted by Gasteiger charge is 2.55. The van der Waals surface area contributed by atoms with Gasteiger partial charge >= 0.3 is 0 Å². The Labute approximate surface area is 185 Å². The number of benzene rings is 1. The molecule has 0 N–H and O–H groups in total. The van der Waals surface area contributed by atoms with Gasteiger partial charge in [0.2, 0.25) is 0 Å². The zero-order chi connectivity index (χ0) is 22.6. The largest absolute Gasteiger partial charge is 0.315 e. The van der Waals surface area contributed by atoms with Crippen LogP contribution in [0.2, 0.25) is 0 Å². The summed E-state index contributed by atoms with van der Waals surface area (Å²) in [6, 6.07) is 11.6. The molecule has 2 aromatic heterocycles. The van der Waals surface area contributed by atoms with Crippen molar-refractivity contribution in [2.75, 3.05) is 9.80 Å². The van der Waals surface area contributed by atoms with E-state index in [1.54, 1.807) is 18.7 Å². The quantitative estimate of drug-likeness (QED) is 0.457. The van der Waals surface area contributed by atoms with Gasteiger partial charge in [-0.1, -0.05) is 59.7 Å². The number of alkyl halides is 1. The van der Waals surface area contributed by atoms with E-state index in [0.29, 0.717) is 6.42 Å². The molecule has 0 bridgehead atoms. The van der Waals surface area contributed by atoms with Crippen LogP contribution in [0.3, 0.4) is 0 Å². The molecule has 0 saturated carbocycles. The lowest BCUT2D eigenvalue weighted by Gasteiger charge is -2.48. The Balaban J connectivity index is 0.000000645. The number of rotatable bonds is 2. The molecule has 3 aromatic rings. The van der Waals surface area contributed by atoms with Crippen LogP contribution in [-0.2, 0) is 5.67 Å². The minimum atomic E-state index is -1.42. The van der Waals surface area contributed by atoms with Crippen LogP contribution in [0.15, 0.2) is 61.3 Å². The number of nitrogens with zero attached hydrogens (tertiary/aromatic N) is 5. The molecule has 2 aliphatic heterocycles. The fourth-order valence-corrected chi connectivity index (χ4v) is 4.58. The highest BCUT2D eigenvalue weighted by molar-refractivity contribution is 5.87.